The third kappa shape index (κ3) is 3.93. The van der Waals surface area contributed by atoms with E-state index in [4.69, 9.17) is 9.47 Å². The fraction of sp³-hybridized carbons (Fsp3) is 0.600. The molecule has 2 rings (SSSR count). The summed E-state index contributed by atoms with van der Waals surface area (Å²) < 4.78 is 11.4. The molecule has 0 bridgehead atoms. The van der Waals surface area contributed by atoms with E-state index in [0.717, 1.165) is 12.1 Å². The van der Waals surface area contributed by atoms with Gasteiger partial charge in [0.15, 0.2) is 0 Å². The highest BCUT2D eigenvalue weighted by molar-refractivity contribution is 5.78. The fourth-order valence-corrected chi connectivity index (χ4v) is 2.04. The first-order valence-corrected chi connectivity index (χ1v) is 7.03. The van der Waals surface area contributed by atoms with Crippen molar-refractivity contribution in [1.29, 1.82) is 0 Å². The number of rotatable bonds is 4. The van der Waals surface area contributed by atoms with Gasteiger partial charge >= 0.3 is 0 Å². The van der Waals surface area contributed by atoms with E-state index in [1.165, 1.54) is 0 Å². The first-order chi connectivity index (χ1) is 9.56. The van der Waals surface area contributed by atoms with Crippen molar-refractivity contribution in [2.45, 2.75) is 39.3 Å². The van der Waals surface area contributed by atoms with E-state index in [1.54, 1.807) is 6.20 Å². The van der Waals surface area contributed by atoms with Gasteiger partial charge in [-0.3, -0.25) is 9.78 Å². The molecule has 0 spiro atoms. The molecule has 2 atom stereocenters. The number of amides is 1. The highest BCUT2D eigenvalue weighted by Gasteiger charge is 2.29. The largest absolute Gasteiger partial charge is 0.484 e. The highest BCUT2D eigenvalue weighted by Crippen LogP contribution is 2.17. The van der Waals surface area contributed by atoms with Crippen LogP contribution in [0.25, 0.3) is 0 Å². The molecule has 0 saturated carbocycles. The smallest absolute Gasteiger partial charge is 0.222 e. The van der Waals surface area contributed by atoms with E-state index in [9.17, 15) is 4.79 Å². The number of carbonyl (C=O) groups excluding carboxylic acids is 1. The van der Waals surface area contributed by atoms with Gasteiger partial charge in [-0.05, 0) is 25.5 Å². The number of aryl methyl sites for hydroxylation is 1. The van der Waals surface area contributed by atoms with Crippen LogP contribution in [0.15, 0.2) is 18.3 Å². The Labute approximate surface area is 119 Å². The Kier molecular flexibility index (Phi) is 4.95. The second-order valence-electron chi connectivity index (χ2n) is 5.42. The van der Waals surface area contributed by atoms with Crippen LogP contribution in [0, 0.1) is 12.8 Å². The van der Waals surface area contributed by atoms with Crippen molar-refractivity contribution in [3.63, 3.8) is 0 Å². The van der Waals surface area contributed by atoms with Crippen LogP contribution in [0.1, 0.15) is 26.0 Å². The zero-order chi connectivity index (χ0) is 14.5. The lowest BCUT2D eigenvalue weighted by atomic mass is 10.0. The van der Waals surface area contributed by atoms with Crippen molar-refractivity contribution >= 4 is 5.91 Å². The van der Waals surface area contributed by atoms with Gasteiger partial charge < -0.3 is 14.8 Å². The van der Waals surface area contributed by atoms with Crippen LogP contribution in [0.2, 0.25) is 0 Å². The van der Waals surface area contributed by atoms with Gasteiger partial charge in [-0.15, -0.1) is 0 Å². The van der Waals surface area contributed by atoms with E-state index in [-0.39, 0.29) is 24.0 Å². The summed E-state index contributed by atoms with van der Waals surface area (Å²) in [6.45, 7) is 6.83. The number of nitrogens with one attached hydrogen (secondary N) is 1. The second-order valence-corrected chi connectivity index (χ2v) is 5.42. The van der Waals surface area contributed by atoms with Gasteiger partial charge in [-0.25, -0.2) is 0 Å². The molecule has 20 heavy (non-hydrogen) atoms. The Balaban J connectivity index is 1.99. The van der Waals surface area contributed by atoms with Crippen molar-refractivity contribution in [2.24, 2.45) is 5.92 Å². The average Bonchev–Trinajstić information content (AvgIpc) is 2.43. The molecule has 0 aromatic carbocycles. The molecule has 1 saturated heterocycles. The Morgan fingerprint density at radius 3 is 2.95 bits per heavy atom. The predicted molar refractivity (Wildman–Crippen MR) is 75.6 cm³/mol. The molecule has 0 unspecified atom stereocenters. The van der Waals surface area contributed by atoms with Gasteiger partial charge in [0, 0.05) is 18.2 Å². The molecule has 2 heterocycles. The highest BCUT2D eigenvalue weighted by atomic mass is 16.5. The number of hydrogen-bond acceptors (Lipinski definition) is 4. The summed E-state index contributed by atoms with van der Waals surface area (Å²) in [6.07, 6.45) is 2.30. The molecular weight excluding hydrogens is 256 g/mol. The third-order valence-corrected chi connectivity index (χ3v) is 3.33. The lowest BCUT2D eigenvalue weighted by Gasteiger charge is -2.32. The molecule has 0 radical (unpaired) electrons. The molecule has 0 aliphatic carbocycles. The number of nitrogens with zero attached hydrogens (tertiary/aromatic N) is 1. The molecule has 110 valence electrons. The summed E-state index contributed by atoms with van der Waals surface area (Å²) in [5, 5.41) is 3.04. The molecule has 1 aliphatic rings. The summed E-state index contributed by atoms with van der Waals surface area (Å²) in [4.78, 5) is 16.0. The molecule has 1 aliphatic heterocycles. The first-order valence-electron chi connectivity index (χ1n) is 7.03. The summed E-state index contributed by atoms with van der Waals surface area (Å²) >= 11 is 0. The van der Waals surface area contributed by atoms with Gasteiger partial charge in [0.05, 0.1) is 18.8 Å². The molecule has 5 heteroatoms. The van der Waals surface area contributed by atoms with E-state index in [1.807, 2.05) is 32.9 Å². The van der Waals surface area contributed by atoms with Gasteiger partial charge in [0.1, 0.15) is 11.9 Å². The van der Waals surface area contributed by atoms with Crippen molar-refractivity contribution in [2.75, 3.05) is 13.2 Å². The van der Waals surface area contributed by atoms with Crippen LogP contribution in [0.5, 0.6) is 5.75 Å². The lowest BCUT2D eigenvalue weighted by Crippen LogP contribution is -2.52. The summed E-state index contributed by atoms with van der Waals surface area (Å²) in [5.74, 6) is 0.724. The number of carbonyl (C=O) groups is 1. The molecule has 1 fully saturated rings. The Bertz CT molecular complexity index is 445. The normalized spacial score (nSPS) is 22.6. The van der Waals surface area contributed by atoms with E-state index >= 15 is 0 Å². The minimum Gasteiger partial charge on any atom is -0.484 e. The van der Waals surface area contributed by atoms with Crippen molar-refractivity contribution in [3.8, 4) is 5.75 Å². The summed E-state index contributed by atoms with van der Waals surface area (Å²) in [6, 6.07) is 3.78. The second kappa shape index (κ2) is 6.70. The number of aromatic nitrogens is 1. The summed E-state index contributed by atoms with van der Waals surface area (Å²) in [7, 11) is 0. The topological polar surface area (TPSA) is 60.5 Å². The van der Waals surface area contributed by atoms with Crippen LogP contribution in [0.3, 0.4) is 0 Å². The quantitative estimate of drug-likeness (QED) is 0.910. The van der Waals surface area contributed by atoms with E-state index < -0.39 is 0 Å². The molecule has 1 aromatic heterocycles. The van der Waals surface area contributed by atoms with Crippen LogP contribution >= 0.6 is 0 Å². The first kappa shape index (κ1) is 14.8. The van der Waals surface area contributed by atoms with Gasteiger partial charge in [0.2, 0.25) is 5.91 Å². The maximum absolute atomic E-state index is 11.8. The number of pyridine rings is 1. The van der Waals surface area contributed by atoms with Crippen molar-refractivity contribution in [3.05, 3.63) is 24.0 Å². The van der Waals surface area contributed by atoms with E-state index in [0.29, 0.717) is 19.0 Å². The van der Waals surface area contributed by atoms with Gasteiger partial charge in [-0.1, -0.05) is 13.8 Å². The Morgan fingerprint density at radius 1 is 1.50 bits per heavy atom. The monoisotopic (exact) mass is 278 g/mol. The zero-order valence-electron chi connectivity index (χ0n) is 12.3. The minimum absolute atomic E-state index is 0.0139. The maximum atomic E-state index is 11.8. The molecule has 1 amide bonds. The third-order valence-electron chi connectivity index (χ3n) is 3.33. The van der Waals surface area contributed by atoms with Crippen molar-refractivity contribution in [1.82, 2.24) is 10.3 Å². The zero-order valence-corrected chi connectivity index (χ0v) is 12.3. The molecular formula is C15H22N2O3. The Morgan fingerprint density at radius 2 is 2.30 bits per heavy atom. The predicted octanol–water partition coefficient (Wildman–Crippen LogP) is 1.70. The van der Waals surface area contributed by atoms with E-state index in [2.05, 4.69) is 10.3 Å². The SMILES string of the molecule is Cc1ccc(O[C@@H]2COCC[C@@H]2NC(=O)C(C)C)cn1. The van der Waals surface area contributed by atoms with Crippen molar-refractivity contribution < 1.29 is 14.3 Å². The minimum atomic E-state index is -0.170. The van der Waals surface area contributed by atoms with Crippen LogP contribution in [-0.2, 0) is 9.53 Å². The number of hydrogen-bond donors (Lipinski definition) is 1. The Hall–Kier alpha value is -1.62. The van der Waals surface area contributed by atoms with Gasteiger partial charge in [-0.2, -0.15) is 0 Å². The number of ether oxygens (including phenoxy) is 2. The van der Waals surface area contributed by atoms with Gasteiger partial charge in [0.25, 0.3) is 0 Å². The molecule has 1 N–H and O–H groups in total. The van der Waals surface area contributed by atoms with Crippen LogP contribution in [-0.4, -0.2) is 36.3 Å². The molecule has 5 nitrogen and oxygen atoms in total. The lowest BCUT2D eigenvalue weighted by molar-refractivity contribution is -0.126. The summed E-state index contributed by atoms with van der Waals surface area (Å²) in [5.41, 5.74) is 0.946. The standard InChI is InChI=1S/C15H22N2O3/c1-10(2)15(18)17-13-6-7-19-9-14(13)20-12-5-4-11(3)16-8-12/h4-5,8,10,13-14H,6-7,9H2,1-3H3,(H,17,18)/t13-,14+/m0/s1. The fourth-order valence-electron chi connectivity index (χ4n) is 2.04. The molecule has 1 aromatic rings. The maximum Gasteiger partial charge on any atom is 0.222 e. The van der Waals surface area contributed by atoms with Crippen LogP contribution < -0.4 is 10.1 Å². The van der Waals surface area contributed by atoms with Crippen LogP contribution in [0.4, 0.5) is 0 Å². The average molecular weight is 278 g/mol.